The summed E-state index contributed by atoms with van der Waals surface area (Å²) in [5, 5.41) is 3.58. The molecule has 0 saturated heterocycles. The maximum atomic E-state index is 12.4. The fourth-order valence-corrected chi connectivity index (χ4v) is 3.70. The minimum absolute atomic E-state index is 0.152. The summed E-state index contributed by atoms with van der Waals surface area (Å²) in [7, 11) is -3.70. The number of para-hydroxylation sites is 2. The first-order valence-corrected chi connectivity index (χ1v) is 10.7. The monoisotopic (exact) mass is 430 g/mol. The van der Waals surface area contributed by atoms with Gasteiger partial charge in [0.15, 0.2) is 0 Å². The molecule has 0 bridgehead atoms. The maximum absolute atomic E-state index is 12.4. The van der Waals surface area contributed by atoms with Gasteiger partial charge in [0.05, 0.1) is 18.6 Å². The number of sulfonamides is 1. The lowest BCUT2D eigenvalue weighted by Gasteiger charge is -2.24. The smallest absolute Gasteiger partial charge is 0.241 e. The Hall–Kier alpha value is -1.96. The minimum atomic E-state index is -3.70. The van der Waals surface area contributed by atoms with Crippen molar-refractivity contribution in [2.75, 3.05) is 23.7 Å². The number of nitrogens with one attached hydrogen (secondary N) is 1. The van der Waals surface area contributed by atoms with Gasteiger partial charge in [0.1, 0.15) is 12.3 Å². The van der Waals surface area contributed by atoms with Crippen molar-refractivity contribution in [3.63, 3.8) is 0 Å². The molecule has 0 unspecified atom stereocenters. The zero-order valence-corrected chi connectivity index (χ0v) is 17.2. The van der Waals surface area contributed by atoms with Gasteiger partial charge in [0.25, 0.3) is 0 Å². The van der Waals surface area contributed by atoms with Crippen molar-refractivity contribution in [1.82, 2.24) is 5.32 Å². The second kappa shape index (κ2) is 9.30. The number of benzene rings is 2. The first kappa shape index (κ1) is 21.3. The van der Waals surface area contributed by atoms with Crippen molar-refractivity contribution in [2.45, 2.75) is 13.5 Å². The maximum Gasteiger partial charge on any atom is 0.241 e. The molecule has 2 aromatic carbocycles. The molecule has 27 heavy (non-hydrogen) atoms. The average molecular weight is 431 g/mol. The topological polar surface area (TPSA) is 75.7 Å². The molecular formula is C18H20Cl2N2O4S. The van der Waals surface area contributed by atoms with Crippen molar-refractivity contribution in [3.05, 3.63) is 58.1 Å². The zero-order chi connectivity index (χ0) is 20.0. The second-order valence-electron chi connectivity index (χ2n) is 5.68. The fraction of sp³-hybridized carbons (Fsp3) is 0.278. The van der Waals surface area contributed by atoms with E-state index in [-0.39, 0.29) is 13.1 Å². The first-order valence-electron chi connectivity index (χ1n) is 8.12. The van der Waals surface area contributed by atoms with Crippen molar-refractivity contribution in [3.8, 4) is 5.75 Å². The summed E-state index contributed by atoms with van der Waals surface area (Å²) >= 11 is 11.9. The molecule has 0 spiro atoms. The molecule has 6 nitrogen and oxygen atoms in total. The van der Waals surface area contributed by atoms with Crippen LogP contribution >= 0.6 is 23.2 Å². The number of nitrogens with zero attached hydrogens (tertiary/aromatic N) is 1. The quantitative estimate of drug-likeness (QED) is 0.695. The van der Waals surface area contributed by atoms with Crippen LogP contribution in [0.15, 0.2) is 42.5 Å². The molecular weight excluding hydrogens is 411 g/mol. The Morgan fingerprint density at radius 3 is 2.52 bits per heavy atom. The van der Waals surface area contributed by atoms with Crippen LogP contribution in [0.3, 0.4) is 0 Å². The van der Waals surface area contributed by atoms with Gasteiger partial charge in [-0.1, -0.05) is 41.4 Å². The number of anilines is 1. The molecule has 2 rings (SSSR count). The highest BCUT2D eigenvalue weighted by molar-refractivity contribution is 7.92. The van der Waals surface area contributed by atoms with E-state index in [1.54, 1.807) is 49.4 Å². The molecule has 2 aromatic rings. The Bertz CT molecular complexity index is 919. The summed E-state index contributed by atoms with van der Waals surface area (Å²) in [5.41, 5.74) is 0.983. The number of carbonyl (C=O) groups excluding carboxylic acids is 1. The summed E-state index contributed by atoms with van der Waals surface area (Å²) in [5.74, 6) is -0.0864. The van der Waals surface area contributed by atoms with Gasteiger partial charge >= 0.3 is 0 Å². The van der Waals surface area contributed by atoms with Crippen LogP contribution in [0, 0.1) is 0 Å². The van der Waals surface area contributed by atoms with Gasteiger partial charge in [0, 0.05) is 16.6 Å². The van der Waals surface area contributed by atoms with Gasteiger partial charge in [-0.2, -0.15) is 0 Å². The molecule has 146 valence electrons. The van der Waals surface area contributed by atoms with Gasteiger partial charge in [-0.05, 0) is 36.8 Å². The van der Waals surface area contributed by atoms with Crippen LogP contribution < -0.4 is 14.4 Å². The largest absolute Gasteiger partial charge is 0.492 e. The van der Waals surface area contributed by atoms with Gasteiger partial charge in [-0.15, -0.1) is 0 Å². The Kier molecular flexibility index (Phi) is 7.35. The van der Waals surface area contributed by atoms with Gasteiger partial charge < -0.3 is 10.1 Å². The molecule has 0 aliphatic rings. The normalized spacial score (nSPS) is 11.1. The second-order valence-corrected chi connectivity index (χ2v) is 8.43. The number of carbonyl (C=O) groups is 1. The fourth-order valence-electron chi connectivity index (χ4n) is 2.37. The third-order valence-electron chi connectivity index (χ3n) is 3.61. The zero-order valence-electron chi connectivity index (χ0n) is 14.9. The van der Waals surface area contributed by atoms with Gasteiger partial charge in [0.2, 0.25) is 15.9 Å². The van der Waals surface area contributed by atoms with Crippen LogP contribution in [0.1, 0.15) is 12.5 Å². The van der Waals surface area contributed by atoms with E-state index < -0.39 is 15.9 Å². The number of amides is 1. The van der Waals surface area contributed by atoms with Crippen LogP contribution in [0.4, 0.5) is 5.69 Å². The predicted octanol–water partition coefficient (Wildman–Crippen LogP) is 3.47. The van der Waals surface area contributed by atoms with E-state index in [1.165, 1.54) is 0 Å². The number of ether oxygens (including phenoxy) is 1. The Balaban J connectivity index is 2.16. The van der Waals surface area contributed by atoms with E-state index in [0.29, 0.717) is 33.7 Å². The van der Waals surface area contributed by atoms with Crippen LogP contribution in [-0.4, -0.2) is 33.7 Å². The third kappa shape index (κ3) is 6.02. The summed E-state index contributed by atoms with van der Waals surface area (Å²) in [6, 6.07) is 11.6. The Labute approximate surface area is 169 Å². The lowest BCUT2D eigenvalue weighted by atomic mass is 10.2. The lowest BCUT2D eigenvalue weighted by Crippen LogP contribution is -2.40. The van der Waals surface area contributed by atoms with Crippen molar-refractivity contribution >= 4 is 44.8 Å². The molecule has 0 atom stereocenters. The predicted molar refractivity (Wildman–Crippen MR) is 108 cm³/mol. The highest BCUT2D eigenvalue weighted by Crippen LogP contribution is 2.29. The Morgan fingerprint density at radius 1 is 1.19 bits per heavy atom. The van der Waals surface area contributed by atoms with E-state index in [9.17, 15) is 13.2 Å². The first-order chi connectivity index (χ1) is 12.7. The van der Waals surface area contributed by atoms with E-state index in [1.807, 2.05) is 0 Å². The standard InChI is InChI=1S/C18H20Cl2N2O4S/c1-3-26-17-7-5-4-6-16(17)22(27(2,24)25)12-18(23)21-11-13-8-9-14(19)10-15(13)20/h4-10H,3,11-12H2,1-2H3,(H,21,23). The van der Waals surface area contributed by atoms with E-state index in [0.717, 1.165) is 10.6 Å². The highest BCUT2D eigenvalue weighted by atomic mass is 35.5. The number of hydrogen-bond acceptors (Lipinski definition) is 4. The molecule has 9 heteroatoms. The van der Waals surface area contributed by atoms with Crippen molar-refractivity contribution in [1.29, 1.82) is 0 Å². The molecule has 1 N–H and O–H groups in total. The van der Waals surface area contributed by atoms with Crippen LogP contribution in [0.2, 0.25) is 10.0 Å². The van der Waals surface area contributed by atoms with Crippen molar-refractivity contribution in [2.24, 2.45) is 0 Å². The molecule has 0 heterocycles. The summed E-state index contributed by atoms with van der Waals surface area (Å²) in [4.78, 5) is 12.4. The summed E-state index contributed by atoms with van der Waals surface area (Å²) in [6.45, 7) is 1.94. The molecule has 0 aliphatic carbocycles. The summed E-state index contributed by atoms with van der Waals surface area (Å²) in [6.07, 6.45) is 1.04. The van der Waals surface area contributed by atoms with Gasteiger partial charge in [-0.3, -0.25) is 9.10 Å². The van der Waals surface area contributed by atoms with E-state index in [2.05, 4.69) is 5.32 Å². The Morgan fingerprint density at radius 2 is 1.89 bits per heavy atom. The minimum Gasteiger partial charge on any atom is -0.492 e. The molecule has 1 amide bonds. The molecule has 0 aromatic heterocycles. The third-order valence-corrected chi connectivity index (χ3v) is 5.33. The molecule has 0 aliphatic heterocycles. The summed E-state index contributed by atoms with van der Waals surface area (Å²) < 4.78 is 31.0. The molecule has 0 saturated carbocycles. The SMILES string of the molecule is CCOc1ccccc1N(CC(=O)NCc1ccc(Cl)cc1Cl)S(C)(=O)=O. The van der Waals surface area contributed by atoms with Crippen LogP contribution in [-0.2, 0) is 21.4 Å². The number of hydrogen-bond donors (Lipinski definition) is 1. The van der Waals surface area contributed by atoms with Crippen LogP contribution in [0.25, 0.3) is 0 Å². The molecule has 0 radical (unpaired) electrons. The average Bonchev–Trinajstić information content (AvgIpc) is 2.59. The number of rotatable bonds is 8. The number of halogens is 2. The lowest BCUT2D eigenvalue weighted by molar-refractivity contribution is -0.119. The van der Waals surface area contributed by atoms with Crippen molar-refractivity contribution < 1.29 is 17.9 Å². The van der Waals surface area contributed by atoms with Crippen LogP contribution in [0.5, 0.6) is 5.75 Å². The van der Waals surface area contributed by atoms with E-state index in [4.69, 9.17) is 27.9 Å². The van der Waals surface area contributed by atoms with Gasteiger partial charge in [-0.25, -0.2) is 8.42 Å². The molecule has 0 fully saturated rings. The highest BCUT2D eigenvalue weighted by Gasteiger charge is 2.23. The van der Waals surface area contributed by atoms with E-state index >= 15 is 0 Å².